The molecule has 0 spiro atoms. The van der Waals surface area contributed by atoms with Gasteiger partial charge >= 0.3 is 5.97 Å². The molecular formula is C13H22O2. The first-order valence-corrected chi connectivity index (χ1v) is 5.81. The van der Waals surface area contributed by atoms with E-state index in [0.29, 0.717) is 12.5 Å². The molecule has 1 saturated carbocycles. The number of carbonyl (C=O) groups excluding carboxylic acids is 1. The fraction of sp³-hybridized carbons (Fsp3) is 0.769. The maximum absolute atomic E-state index is 11.4. The van der Waals surface area contributed by atoms with E-state index in [1.807, 2.05) is 6.92 Å². The van der Waals surface area contributed by atoms with Crippen LogP contribution in [0.1, 0.15) is 47.0 Å². The average molecular weight is 210 g/mol. The summed E-state index contributed by atoms with van der Waals surface area (Å²) >= 11 is 0. The molecule has 1 aliphatic rings. The summed E-state index contributed by atoms with van der Waals surface area (Å²) < 4.78 is 5.16. The first-order valence-electron chi connectivity index (χ1n) is 5.81. The van der Waals surface area contributed by atoms with E-state index in [4.69, 9.17) is 4.74 Å². The van der Waals surface area contributed by atoms with Crippen LogP contribution in [0.15, 0.2) is 11.6 Å². The van der Waals surface area contributed by atoms with Gasteiger partial charge in [-0.3, -0.25) is 0 Å². The molecule has 1 fully saturated rings. The Bertz CT molecular complexity index is 260. The van der Waals surface area contributed by atoms with Gasteiger partial charge in [0, 0.05) is 6.08 Å². The number of hydrogen-bond acceptors (Lipinski definition) is 2. The first kappa shape index (κ1) is 12.3. The van der Waals surface area contributed by atoms with Gasteiger partial charge in [-0.15, -0.1) is 0 Å². The Morgan fingerprint density at radius 1 is 1.47 bits per heavy atom. The molecule has 1 aliphatic carbocycles. The van der Waals surface area contributed by atoms with Gasteiger partial charge in [0.15, 0.2) is 0 Å². The minimum absolute atomic E-state index is 0.0958. The van der Waals surface area contributed by atoms with Crippen molar-refractivity contribution in [3.05, 3.63) is 11.6 Å². The minimum atomic E-state index is -0.180. The molecule has 0 aromatic heterocycles. The van der Waals surface area contributed by atoms with E-state index in [1.165, 1.54) is 12.8 Å². The molecule has 0 saturated heterocycles. The predicted octanol–water partition coefficient (Wildman–Crippen LogP) is 3.32. The molecule has 15 heavy (non-hydrogen) atoms. The maximum Gasteiger partial charge on any atom is 0.330 e. The predicted molar refractivity (Wildman–Crippen MR) is 61.5 cm³/mol. The Balaban J connectivity index is 2.41. The van der Waals surface area contributed by atoms with E-state index >= 15 is 0 Å². The normalized spacial score (nSPS) is 17.7. The summed E-state index contributed by atoms with van der Waals surface area (Å²) in [6, 6.07) is 0. The van der Waals surface area contributed by atoms with Gasteiger partial charge in [0.25, 0.3) is 0 Å². The third kappa shape index (κ3) is 4.06. The lowest BCUT2D eigenvalue weighted by Gasteiger charge is -2.23. The highest BCUT2D eigenvalue weighted by Crippen LogP contribution is 2.30. The van der Waals surface area contributed by atoms with Crippen molar-refractivity contribution in [1.82, 2.24) is 0 Å². The van der Waals surface area contributed by atoms with Gasteiger partial charge in [0.05, 0.1) is 6.61 Å². The van der Waals surface area contributed by atoms with Crippen LogP contribution in [0, 0.1) is 11.3 Å². The highest BCUT2D eigenvalue weighted by Gasteiger charge is 2.23. The van der Waals surface area contributed by atoms with E-state index in [2.05, 4.69) is 20.8 Å². The maximum atomic E-state index is 11.4. The van der Waals surface area contributed by atoms with Crippen LogP contribution in [0.4, 0.5) is 0 Å². The Kier molecular flexibility index (Phi) is 3.95. The van der Waals surface area contributed by atoms with Gasteiger partial charge in [-0.1, -0.05) is 26.3 Å². The molecule has 2 nitrogen and oxygen atoms in total. The van der Waals surface area contributed by atoms with Gasteiger partial charge in [-0.05, 0) is 37.5 Å². The van der Waals surface area contributed by atoms with Crippen LogP contribution in [0.2, 0.25) is 0 Å². The van der Waals surface area contributed by atoms with Crippen LogP contribution in [-0.4, -0.2) is 12.6 Å². The SMILES string of the molecule is CCC(C)(C)C(C)=CC(=O)OCC1CC1. The van der Waals surface area contributed by atoms with Crippen molar-refractivity contribution in [2.45, 2.75) is 47.0 Å². The minimum Gasteiger partial charge on any atom is -0.462 e. The highest BCUT2D eigenvalue weighted by molar-refractivity contribution is 5.82. The molecule has 0 atom stereocenters. The summed E-state index contributed by atoms with van der Waals surface area (Å²) in [6.07, 6.45) is 5.12. The number of esters is 1. The second kappa shape index (κ2) is 4.82. The standard InChI is InChI=1S/C13H22O2/c1-5-13(3,4)10(2)8-12(14)15-9-11-6-7-11/h8,11H,5-7,9H2,1-4H3. The summed E-state index contributed by atoms with van der Waals surface area (Å²) in [5.74, 6) is 0.461. The van der Waals surface area contributed by atoms with Crippen molar-refractivity contribution < 1.29 is 9.53 Å². The van der Waals surface area contributed by atoms with Gasteiger partial charge in [0.2, 0.25) is 0 Å². The molecule has 0 radical (unpaired) electrons. The zero-order valence-corrected chi connectivity index (χ0v) is 10.3. The van der Waals surface area contributed by atoms with Crippen molar-refractivity contribution in [3.8, 4) is 0 Å². The van der Waals surface area contributed by atoms with Crippen LogP contribution in [0.5, 0.6) is 0 Å². The summed E-state index contributed by atoms with van der Waals surface area (Å²) in [4.78, 5) is 11.4. The van der Waals surface area contributed by atoms with Gasteiger partial charge in [0.1, 0.15) is 0 Å². The lowest BCUT2D eigenvalue weighted by atomic mass is 9.82. The molecule has 0 bridgehead atoms. The fourth-order valence-electron chi connectivity index (χ4n) is 1.18. The second-order valence-electron chi connectivity index (χ2n) is 5.14. The molecule has 2 heteroatoms. The molecule has 0 aromatic rings. The van der Waals surface area contributed by atoms with Crippen LogP contribution < -0.4 is 0 Å². The molecule has 0 unspecified atom stereocenters. The molecule has 0 aliphatic heterocycles. The van der Waals surface area contributed by atoms with Crippen LogP contribution in [-0.2, 0) is 9.53 Å². The molecule has 0 N–H and O–H groups in total. The fourth-order valence-corrected chi connectivity index (χ4v) is 1.18. The number of allylic oxidation sites excluding steroid dienone is 1. The molecule has 0 heterocycles. The van der Waals surface area contributed by atoms with E-state index in [9.17, 15) is 4.79 Å². The van der Waals surface area contributed by atoms with Crippen LogP contribution >= 0.6 is 0 Å². The first-order chi connectivity index (χ1) is 6.95. The van der Waals surface area contributed by atoms with E-state index in [1.54, 1.807) is 6.08 Å². The van der Waals surface area contributed by atoms with Crippen LogP contribution in [0.3, 0.4) is 0 Å². The monoisotopic (exact) mass is 210 g/mol. The van der Waals surface area contributed by atoms with Crippen LogP contribution in [0.25, 0.3) is 0 Å². The van der Waals surface area contributed by atoms with Crippen molar-refractivity contribution in [1.29, 1.82) is 0 Å². The quantitative estimate of drug-likeness (QED) is 0.514. The summed E-state index contributed by atoms with van der Waals surface area (Å²) in [7, 11) is 0. The Morgan fingerprint density at radius 2 is 2.07 bits per heavy atom. The van der Waals surface area contributed by atoms with Crippen molar-refractivity contribution in [3.63, 3.8) is 0 Å². The number of carbonyl (C=O) groups is 1. The second-order valence-corrected chi connectivity index (χ2v) is 5.14. The van der Waals surface area contributed by atoms with Gasteiger partial charge in [-0.2, -0.15) is 0 Å². The topological polar surface area (TPSA) is 26.3 Å². The highest BCUT2D eigenvalue weighted by atomic mass is 16.5. The lowest BCUT2D eigenvalue weighted by Crippen LogP contribution is -2.14. The molecular weight excluding hydrogens is 188 g/mol. The Labute approximate surface area is 92.7 Å². The Hall–Kier alpha value is -0.790. The number of rotatable bonds is 5. The van der Waals surface area contributed by atoms with Crippen molar-refractivity contribution >= 4 is 5.97 Å². The van der Waals surface area contributed by atoms with E-state index in [0.717, 1.165) is 12.0 Å². The third-order valence-electron chi connectivity index (χ3n) is 3.44. The lowest BCUT2D eigenvalue weighted by molar-refractivity contribution is -0.138. The van der Waals surface area contributed by atoms with Gasteiger partial charge < -0.3 is 4.74 Å². The molecule has 86 valence electrons. The molecule has 0 amide bonds. The van der Waals surface area contributed by atoms with Crippen molar-refractivity contribution in [2.24, 2.45) is 11.3 Å². The molecule has 0 aromatic carbocycles. The summed E-state index contributed by atoms with van der Waals surface area (Å²) in [6.45, 7) is 9.03. The van der Waals surface area contributed by atoms with E-state index < -0.39 is 0 Å². The summed E-state index contributed by atoms with van der Waals surface area (Å²) in [5, 5.41) is 0. The zero-order valence-electron chi connectivity index (χ0n) is 10.3. The van der Waals surface area contributed by atoms with E-state index in [-0.39, 0.29) is 11.4 Å². The number of hydrogen-bond donors (Lipinski definition) is 0. The zero-order chi connectivity index (χ0) is 11.5. The summed E-state index contributed by atoms with van der Waals surface area (Å²) in [5.41, 5.74) is 1.20. The third-order valence-corrected chi connectivity index (χ3v) is 3.44. The molecule has 1 rings (SSSR count). The largest absolute Gasteiger partial charge is 0.462 e. The number of ether oxygens (including phenoxy) is 1. The smallest absolute Gasteiger partial charge is 0.330 e. The Morgan fingerprint density at radius 3 is 2.53 bits per heavy atom. The average Bonchev–Trinajstić information content (AvgIpc) is 2.98. The van der Waals surface area contributed by atoms with Gasteiger partial charge in [-0.25, -0.2) is 4.79 Å². The van der Waals surface area contributed by atoms with Crippen molar-refractivity contribution in [2.75, 3.05) is 6.61 Å².